The van der Waals surface area contributed by atoms with E-state index in [9.17, 15) is 8.42 Å². The Labute approximate surface area is 166 Å². The maximum absolute atomic E-state index is 12.8. The predicted octanol–water partition coefficient (Wildman–Crippen LogP) is 3.57. The van der Waals surface area contributed by atoms with Crippen molar-refractivity contribution in [2.45, 2.75) is 25.3 Å². The van der Waals surface area contributed by atoms with Crippen LogP contribution >= 0.6 is 0 Å². The number of nitrogens with zero attached hydrogens (tertiary/aromatic N) is 3. The first-order chi connectivity index (χ1) is 13.2. The number of benzene rings is 2. The molecular weight excluding hydrogens is 372 g/mol. The summed E-state index contributed by atoms with van der Waals surface area (Å²) in [5.74, 6) is 0. The van der Waals surface area contributed by atoms with Crippen LogP contribution in [0.25, 0.3) is 11.1 Å². The summed E-state index contributed by atoms with van der Waals surface area (Å²) in [4.78, 5) is 2.34. The van der Waals surface area contributed by atoms with Crippen molar-refractivity contribution in [3.05, 3.63) is 65.5 Å². The molecule has 0 spiro atoms. The number of hydrogen-bond donors (Lipinski definition) is 1. The Morgan fingerprint density at radius 1 is 1.04 bits per heavy atom. The van der Waals surface area contributed by atoms with Crippen molar-refractivity contribution in [2.75, 3.05) is 18.8 Å². The van der Waals surface area contributed by atoms with Crippen molar-refractivity contribution in [3.8, 4) is 11.1 Å². The normalized spacial score (nSPS) is 11.8. The van der Waals surface area contributed by atoms with Crippen molar-refractivity contribution in [1.29, 1.82) is 0 Å². The maximum atomic E-state index is 12.8. The molecule has 0 aliphatic heterocycles. The standard InChI is InChI=1S/C21H26N4O2S/c1-15-21(16(2)25(5)22-15)23-28(26,27)20-11-9-18(10-12-20)19-8-6-7-17(13-19)14-24(3)4/h6-13,23H,14H2,1-5H3. The fourth-order valence-electron chi connectivity index (χ4n) is 3.16. The van der Waals surface area contributed by atoms with Crippen LogP contribution in [0.3, 0.4) is 0 Å². The highest BCUT2D eigenvalue weighted by Gasteiger charge is 2.19. The molecule has 0 aliphatic rings. The molecule has 0 bridgehead atoms. The molecule has 1 N–H and O–H groups in total. The summed E-state index contributed by atoms with van der Waals surface area (Å²) < 4.78 is 29.9. The molecule has 0 fully saturated rings. The number of sulfonamides is 1. The van der Waals surface area contributed by atoms with Gasteiger partial charge in [-0.25, -0.2) is 8.42 Å². The van der Waals surface area contributed by atoms with Gasteiger partial charge in [0.05, 0.1) is 22.0 Å². The Balaban J connectivity index is 1.86. The van der Waals surface area contributed by atoms with E-state index in [1.54, 1.807) is 30.8 Å². The molecule has 3 aromatic rings. The zero-order valence-electron chi connectivity index (χ0n) is 16.9. The molecule has 7 heteroatoms. The van der Waals surface area contributed by atoms with Gasteiger partial charge in [0.25, 0.3) is 10.0 Å². The van der Waals surface area contributed by atoms with Crippen LogP contribution in [0, 0.1) is 13.8 Å². The Bertz CT molecular complexity index is 1080. The highest BCUT2D eigenvalue weighted by atomic mass is 32.2. The van der Waals surface area contributed by atoms with Crippen LogP contribution < -0.4 is 4.72 Å². The van der Waals surface area contributed by atoms with Crippen LogP contribution in [0.1, 0.15) is 17.0 Å². The first kappa shape index (κ1) is 20.1. The Kier molecular flexibility index (Phi) is 5.58. The molecule has 0 aliphatic carbocycles. The number of aromatic nitrogens is 2. The fourth-order valence-corrected chi connectivity index (χ4v) is 4.33. The Morgan fingerprint density at radius 2 is 1.71 bits per heavy atom. The Hall–Kier alpha value is -2.64. The van der Waals surface area contributed by atoms with Crippen LogP contribution in [0.4, 0.5) is 5.69 Å². The molecule has 0 saturated carbocycles. The van der Waals surface area contributed by atoms with Gasteiger partial charge in [-0.05, 0) is 62.8 Å². The molecule has 3 rings (SSSR count). The lowest BCUT2D eigenvalue weighted by molar-refractivity contribution is 0.402. The molecule has 1 heterocycles. The van der Waals surface area contributed by atoms with E-state index in [2.05, 4.69) is 26.9 Å². The summed E-state index contributed by atoms with van der Waals surface area (Å²) in [6.07, 6.45) is 0. The summed E-state index contributed by atoms with van der Waals surface area (Å²) in [7, 11) is 2.18. The molecule has 148 valence electrons. The van der Waals surface area contributed by atoms with Gasteiger partial charge in [0.2, 0.25) is 0 Å². The topological polar surface area (TPSA) is 67.2 Å². The SMILES string of the molecule is Cc1nn(C)c(C)c1NS(=O)(=O)c1ccc(-c2cccc(CN(C)C)c2)cc1. The average Bonchev–Trinajstić information content (AvgIpc) is 2.87. The lowest BCUT2D eigenvalue weighted by Gasteiger charge is -2.12. The van der Waals surface area contributed by atoms with Crippen LogP contribution in [-0.2, 0) is 23.6 Å². The first-order valence-electron chi connectivity index (χ1n) is 9.04. The number of aryl methyl sites for hydroxylation is 2. The van der Waals surface area contributed by atoms with E-state index in [1.807, 2.05) is 45.3 Å². The summed E-state index contributed by atoms with van der Waals surface area (Å²) in [5, 5.41) is 4.26. The molecule has 0 atom stereocenters. The Morgan fingerprint density at radius 3 is 2.29 bits per heavy atom. The monoisotopic (exact) mass is 398 g/mol. The van der Waals surface area contributed by atoms with Crippen LogP contribution in [0.2, 0.25) is 0 Å². The number of nitrogens with one attached hydrogen (secondary N) is 1. The lowest BCUT2D eigenvalue weighted by atomic mass is 10.0. The largest absolute Gasteiger partial charge is 0.305 e. The molecule has 0 amide bonds. The number of rotatable bonds is 6. The van der Waals surface area contributed by atoms with Crippen molar-refractivity contribution in [2.24, 2.45) is 7.05 Å². The quantitative estimate of drug-likeness (QED) is 0.689. The van der Waals surface area contributed by atoms with Gasteiger partial charge in [0.1, 0.15) is 0 Å². The van der Waals surface area contributed by atoms with Crippen LogP contribution in [-0.4, -0.2) is 37.2 Å². The van der Waals surface area contributed by atoms with Crippen molar-refractivity contribution >= 4 is 15.7 Å². The van der Waals surface area contributed by atoms with E-state index in [0.717, 1.165) is 23.4 Å². The fraction of sp³-hybridized carbons (Fsp3) is 0.286. The van der Waals surface area contributed by atoms with Gasteiger partial charge in [0.15, 0.2) is 0 Å². The molecule has 0 radical (unpaired) electrons. The molecular formula is C21H26N4O2S. The molecule has 2 aromatic carbocycles. The highest BCUT2D eigenvalue weighted by Crippen LogP contribution is 2.26. The van der Waals surface area contributed by atoms with Crippen molar-refractivity contribution < 1.29 is 8.42 Å². The van der Waals surface area contributed by atoms with Gasteiger partial charge in [0, 0.05) is 13.6 Å². The summed E-state index contributed by atoms with van der Waals surface area (Å²) in [5.41, 5.74) is 5.21. The predicted molar refractivity (Wildman–Crippen MR) is 113 cm³/mol. The minimum atomic E-state index is -3.68. The van der Waals surface area contributed by atoms with Gasteiger partial charge < -0.3 is 4.90 Å². The summed E-state index contributed by atoms with van der Waals surface area (Å²) in [6.45, 7) is 4.48. The molecule has 1 aromatic heterocycles. The first-order valence-corrected chi connectivity index (χ1v) is 10.5. The average molecular weight is 399 g/mol. The third-order valence-corrected chi connectivity index (χ3v) is 6.03. The summed E-state index contributed by atoms with van der Waals surface area (Å²) in [6, 6.07) is 15.2. The second-order valence-electron chi connectivity index (χ2n) is 7.24. The highest BCUT2D eigenvalue weighted by molar-refractivity contribution is 7.92. The van der Waals surface area contributed by atoms with Crippen LogP contribution in [0.15, 0.2) is 53.4 Å². The molecule has 6 nitrogen and oxygen atoms in total. The third kappa shape index (κ3) is 4.26. The third-order valence-electron chi connectivity index (χ3n) is 4.67. The van der Waals surface area contributed by atoms with Crippen molar-refractivity contribution in [3.63, 3.8) is 0 Å². The van der Waals surface area contributed by atoms with E-state index in [0.29, 0.717) is 11.4 Å². The summed E-state index contributed by atoms with van der Waals surface area (Å²) >= 11 is 0. The smallest absolute Gasteiger partial charge is 0.262 e. The van der Waals surface area contributed by atoms with Crippen LogP contribution in [0.5, 0.6) is 0 Å². The van der Waals surface area contributed by atoms with E-state index in [-0.39, 0.29) is 4.90 Å². The molecule has 0 saturated heterocycles. The zero-order chi connectivity index (χ0) is 20.5. The van der Waals surface area contributed by atoms with E-state index in [1.165, 1.54) is 5.56 Å². The maximum Gasteiger partial charge on any atom is 0.262 e. The van der Waals surface area contributed by atoms with Crippen molar-refractivity contribution in [1.82, 2.24) is 14.7 Å². The zero-order valence-corrected chi connectivity index (χ0v) is 17.7. The van der Waals surface area contributed by atoms with Gasteiger partial charge in [-0.3, -0.25) is 9.40 Å². The minimum Gasteiger partial charge on any atom is -0.305 e. The van der Waals surface area contributed by atoms with E-state index < -0.39 is 10.0 Å². The van der Waals surface area contributed by atoms with E-state index >= 15 is 0 Å². The number of hydrogen-bond acceptors (Lipinski definition) is 4. The van der Waals surface area contributed by atoms with Gasteiger partial charge >= 0.3 is 0 Å². The second kappa shape index (κ2) is 7.77. The van der Waals surface area contributed by atoms with Gasteiger partial charge in [-0.1, -0.05) is 30.3 Å². The number of anilines is 1. The van der Waals surface area contributed by atoms with E-state index in [4.69, 9.17) is 0 Å². The van der Waals surface area contributed by atoms with Gasteiger partial charge in [-0.2, -0.15) is 5.10 Å². The lowest BCUT2D eigenvalue weighted by Crippen LogP contribution is -2.14. The second-order valence-corrected chi connectivity index (χ2v) is 8.92. The van der Waals surface area contributed by atoms with Gasteiger partial charge in [-0.15, -0.1) is 0 Å². The molecule has 0 unspecified atom stereocenters. The molecule has 28 heavy (non-hydrogen) atoms. The minimum absolute atomic E-state index is 0.225.